The van der Waals surface area contributed by atoms with Crippen molar-refractivity contribution in [1.82, 2.24) is 4.57 Å². The molecular formula is C18H24N2O2S. The van der Waals surface area contributed by atoms with Gasteiger partial charge in [0.15, 0.2) is 0 Å². The Morgan fingerprint density at radius 2 is 1.87 bits per heavy atom. The normalized spacial score (nSPS) is 11.1. The van der Waals surface area contributed by atoms with Gasteiger partial charge in [-0.15, -0.1) is 0 Å². The monoisotopic (exact) mass is 332 g/mol. The van der Waals surface area contributed by atoms with Crippen LogP contribution in [0.5, 0.6) is 0 Å². The van der Waals surface area contributed by atoms with Gasteiger partial charge in [0, 0.05) is 22.3 Å². The summed E-state index contributed by atoms with van der Waals surface area (Å²) < 4.78 is 1.57. The van der Waals surface area contributed by atoms with Crippen LogP contribution < -0.4 is 9.77 Å². The zero-order valence-corrected chi connectivity index (χ0v) is 15.5. The van der Waals surface area contributed by atoms with Crippen LogP contribution in [0.2, 0.25) is 0 Å². The molecular weight excluding hydrogens is 308 g/mol. The molecule has 1 amide bonds. The second kappa shape index (κ2) is 6.71. The van der Waals surface area contributed by atoms with E-state index in [9.17, 15) is 9.59 Å². The van der Waals surface area contributed by atoms with Crippen LogP contribution in [-0.2, 0) is 11.3 Å². The highest BCUT2D eigenvalue weighted by Crippen LogP contribution is 2.24. The molecule has 124 valence electrons. The molecule has 0 radical (unpaired) electrons. The van der Waals surface area contributed by atoms with Gasteiger partial charge >= 0.3 is 4.87 Å². The van der Waals surface area contributed by atoms with E-state index < -0.39 is 0 Å². The third kappa shape index (κ3) is 3.55. The lowest BCUT2D eigenvalue weighted by atomic mass is 10.1. The highest BCUT2D eigenvalue weighted by molar-refractivity contribution is 7.09. The van der Waals surface area contributed by atoms with E-state index in [-0.39, 0.29) is 23.4 Å². The number of carbonyl (C=O) groups excluding carboxylic acids is 1. The molecule has 0 N–H and O–H groups in total. The molecule has 2 rings (SSSR count). The number of hydrogen-bond acceptors (Lipinski definition) is 3. The molecule has 1 heterocycles. The molecule has 4 nitrogen and oxygen atoms in total. The average Bonchev–Trinajstić information content (AvgIpc) is 2.69. The molecule has 1 aromatic heterocycles. The van der Waals surface area contributed by atoms with E-state index in [1.54, 1.807) is 9.47 Å². The van der Waals surface area contributed by atoms with Gasteiger partial charge in [-0.2, -0.15) is 0 Å². The number of anilines is 1. The Morgan fingerprint density at radius 3 is 2.39 bits per heavy atom. The van der Waals surface area contributed by atoms with Crippen molar-refractivity contribution < 1.29 is 4.79 Å². The number of nitrogens with zero attached hydrogens (tertiary/aromatic N) is 2. The van der Waals surface area contributed by atoms with E-state index >= 15 is 0 Å². The Labute approximate surface area is 141 Å². The van der Waals surface area contributed by atoms with Gasteiger partial charge in [-0.3, -0.25) is 14.2 Å². The molecule has 0 saturated heterocycles. The predicted octanol–water partition coefficient (Wildman–Crippen LogP) is 3.59. The topological polar surface area (TPSA) is 42.3 Å². The average molecular weight is 332 g/mol. The summed E-state index contributed by atoms with van der Waals surface area (Å²) in [7, 11) is 0. The van der Waals surface area contributed by atoms with Crippen molar-refractivity contribution in [3.8, 4) is 0 Å². The second-order valence-electron chi connectivity index (χ2n) is 6.24. The number of aromatic nitrogens is 1. The van der Waals surface area contributed by atoms with Crippen LogP contribution in [0.4, 0.5) is 5.69 Å². The van der Waals surface area contributed by atoms with Gasteiger partial charge in [0.1, 0.15) is 6.54 Å². The molecule has 2 aromatic rings. The summed E-state index contributed by atoms with van der Waals surface area (Å²) in [5.41, 5.74) is 3.97. The Kier molecular flexibility index (Phi) is 5.09. The third-order valence-corrected chi connectivity index (χ3v) is 5.07. The summed E-state index contributed by atoms with van der Waals surface area (Å²) in [4.78, 5) is 27.6. The van der Waals surface area contributed by atoms with Crippen LogP contribution in [0, 0.1) is 27.7 Å². The number of benzene rings is 1. The van der Waals surface area contributed by atoms with Gasteiger partial charge in [-0.25, -0.2) is 0 Å². The van der Waals surface area contributed by atoms with Crippen molar-refractivity contribution in [1.29, 1.82) is 0 Å². The van der Waals surface area contributed by atoms with Crippen LogP contribution in [0.1, 0.15) is 35.5 Å². The first-order valence-corrected chi connectivity index (χ1v) is 8.60. The van der Waals surface area contributed by atoms with E-state index in [0.717, 1.165) is 27.4 Å². The van der Waals surface area contributed by atoms with E-state index in [0.29, 0.717) is 0 Å². The SMILES string of the molecule is Cc1ccc(C)c(N(C(=O)Cn2c(C)c(C)sc2=O)C(C)C)c1. The lowest BCUT2D eigenvalue weighted by molar-refractivity contribution is -0.119. The number of amides is 1. The van der Waals surface area contributed by atoms with Crippen LogP contribution in [0.25, 0.3) is 0 Å². The maximum absolute atomic E-state index is 12.9. The van der Waals surface area contributed by atoms with Crippen molar-refractivity contribution in [2.75, 3.05) is 4.90 Å². The molecule has 1 aromatic carbocycles. The summed E-state index contributed by atoms with van der Waals surface area (Å²) in [6, 6.07) is 6.12. The largest absolute Gasteiger partial charge is 0.308 e. The summed E-state index contributed by atoms with van der Waals surface area (Å²) in [6.07, 6.45) is 0. The van der Waals surface area contributed by atoms with Gasteiger partial charge < -0.3 is 4.90 Å². The first-order valence-electron chi connectivity index (χ1n) is 7.78. The summed E-state index contributed by atoms with van der Waals surface area (Å²) in [5.74, 6) is -0.0586. The molecule has 0 aliphatic heterocycles. The summed E-state index contributed by atoms with van der Waals surface area (Å²) >= 11 is 1.20. The number of aryl methyl sites for hydroxylation is 3. The minimum absolute atomic E-state index is 0.0266. The molecule has 0 unspecified atom stereocenters. The number of hydrogen-bond donors (Lipinski definition) is 0. The molecule has 0 saturated carbocycles. The van der Waals surface area contributed by atoms with Crippen LogP contribution >= 0.6 is 11.3 Å². The van der Waals surface area contributed by atoms with Gasteiger partial charge in [0.2, 0.25) is 5.91 Å². The molecule has 0 aliphatic rings. The molecule has 0 aliphatic carbocycles. The van der Waals surface area contributed by atoms with Crippen molar-refractivity contribution in [3.63, 3.8) is 0 Å². The van der Waals surface area contributed by atoms with Crippen molar-refractivity contribution in [3.05, 3.63) is 49.6 Å². The van der Waals surface area contributed by atoms with Gasteiger partial charge in [0.05, 0.1) is 0 Å². The number of thiazole rings is 1. The second-order valence-corrected chi connectivity index (χ2v) is 7.41. The van der Waals surface area contributed by atoms with Crippen LogP contribution in [0.3, 0.4) is 0 Å². The van der Waals surface area contributed by atoms with E-state index in [1.165, 1.54) is 11.3 Å². The zero-order chi connectivity index (χ0) is 17.3. The summed E-state index contributed by atoms with van der Waals surface area (Å²) in [6.45, 7) is 11.9. The maximum atomic E-state index is 12.9. The third-order valence-electron chi connectivity index (χ3n) is 4.08. The molecule has 5 heteroatoms. The Bertz CT molecular complexity index is 787. The fraction of sp³-hybridized carbons (Fsp3) is 0.444. The van der Waals surface area contributed by atoms with Gasteiger partial charge in [-0.05, 0) is 58.7 Å². The molecule has 0 fully saturated rings. The predicted molar refractivity (Wildman–Crippen MR) is 96.6 cm³/mol. The molecule has 0 spiro atoms. The number of carbonyl (C=O) groups is 1. The molecule has 23 heavy (non-hydrogen) atoms. The van der Waals surface area contributed by atoms with Crippen molar-refractivity contribution in [2.45, 2.75) is 54.1 Å². The van der Waals surface area contributed by atoms with Crippen LogP contribution in [0.15, 0.2) is 23.0 Å². The fourth-order valence-electron chi connectivity index (χ4n) is 2.66. The highest BCUT2D eigenvalue weighted by Gasteiger charge is 2.22. The molecule has 0 bridgehead atoms. The zero-order valence-electron chi connectivity index (χ0n) is 14.6. The lowest BCUT2D eigenvalue weighted by Gasteiger charge is -2.29. The Balaban J connectivity index is 2.40. The van der Waals surface area contributed by atoms with Gasteiger partial charge in [-0.1, -0.05) is 23.5 Å². The first-order chi connectivity index (χ1) is 10.7. The lowest BCUT2D eigenvalue weighted by Crippen LogP contribution is -2.41. The standard InChI is InChI=1S/C18H24N2O2S/c1-11(2)20(16-9-12(3)7-8-13(16)4)17(21)10-19-14(5)15(6)23-18(19)22/h7-9,11H,10H2,1-6H3. The minimum atomic E-state index is -0.0713. The van der Waals surface area contributed by atoms with Gasteiger partial charge in [0.25, 0.3) is 0 Å². The number of rotatable bonds is 4. The highest BCUT2D eigenvalue weighted by atomic mass is 32.1. The smallest absolute Gasteiger partial charge is 0.308 e. The minimum Gasteiger partial charge on any atom is -0.308 e. The Hall–Kier alpha value is -1.88. The van der Waals surface area contributed by atoms with E-state index in [2.05, 4.69) is 0 Å². The fourth-order valence-corrected chi connectivity index (χ4v) is 3.49. The quantitative estimate of drug-likeness (QED) is 0.859. The summed E-state index contributed by atoms with van der Waals surface area (Å²) in [5, 5.41) is 0. The maximum Gasteiger partial charge on any atom is 0.308 e. The van der Waals surface area contributed by atoms with E-state index in [1.807, 2.05) is 59.7 Å². The first kappa shape index (κ1) is 17.5. The Morgan fingerprint density at radius 1 is 1.22 bits per heavy atom. The van der Waals surface area contributed by atoms with Crippen LogP contribution in [-0.4, -0.2) is 16.5 Å². The molecule has 0 atom stereocenters. The van der Waals surface area contributed by atoms with Crippen molar-refractivity contribution >= 4 is 22.9 Å². The van der Waals surface area contributed by atoms with Crippen molar-refractivity contribution in [2.24, 2.45) is 0 Å². The van der Waals surface area contributed by atoms with E-state index in [4.69, 9.17) is 0 Å².